The van der Waals surface area contributed by atoms with E-state index in [1.807, 2.05) is 0 Å². The number of hydrogen-bond acceptors (Lipinski definition) is 2. The number of alkyl halides is 2. The number of carbonyl (C=O) groups is 1. The Hall–Kier alpha value is -1.45. The van der Waals surface area contributed by atoms with Gasteiger partial charge in [-0.2, -0.15) is 0 Å². The van der Waals surface area contributed by atoms with Crippen molar-refractivity contribution in [3.8, 4) is 5.75 Å². The molecule has 0 aliphatic carbocycles. The lowest BCUT2D eigenvalue weighted by atomic mass is 9.99. The molecular formula is C11H12F2O2. The van der Waals surface area contributed by atoms with Crippen molar-refractivity contribution in [1.29, 1.82) is 0 Å². The monoisotopic (exact) mass is 214 g/mol. The minimum Gasteiger partial charge on any atom is -0.496 e. The summed E-state index contributed by atoms with van der Waals surface area (Å²) in [5.74, 6) is -0.545. The highest BCUT2D eigenvalue weighted by atomic mass is 19.3. The number of methoxy groups -OCH3 is 1. The second-order valence-electron chi connectivity index (χ2n) is 3.23. The molecule has 0 spiro atoms. The van der Waals surface area contributed by atoms with Crippen LogP contribution in [0.5, 0.6) is 5.75 Å². The Morgan fingerprint density at radius 2 is 1.87 bits per heavy atom. The molecule has 0 bridgehead atoms. The first-order valence-electron chi connectivity index (χ1n) is 4.45. The van der Waals surface area contributed by atoms with Gasteiger partial charge in [0.25, 0.3) is 0 Å². The van der Waals surface area contributed by atoms with Crippen molar-refractivity contribution < 1.29 is 18.3 Å². The van der Waals surface area contributed by atoms with Crippen LogP contribution < -0.4 is 4.74 Å². The van der Waals surface area contributed by atoms with Crippen LogP contribution in [-0.4, -0.2) is 19.3 Å². The van der Waals surface area contributed by atoms with Gasteiger partial charge >= 0.3 is 6.43 Å². The molecule has 0 aromatic heterocycles. The third-order valence-electron chi connectivity index (χ3n) is 2.42. The van der Waals surface area contributed by atoms with Crippen molar-refractivity contribution in [3.05, 3.63) is 28.8 Å². The second kappa shape index (κ2) is 4.38. The summed E-state index contributed by atoms with van der Waals surface area (Å²) in [7, 11) is 1.50. The zero-order valence-corrected chi connectivity index (χ0v) is 8.80. The Balaban J connectivity index is 3.23. The number of rotatable bonds is 3. The Labute approximate surface area is 86.9 Å². The molecule has 15 heavy (non-hydrogen) atoms. The molecule has 0 N–H and O–H groups in total. The van der Waals surface area contributed by atoms with Crippen molar-refractivity contribution in [3.63, 3.8) is 0 Å². The maximum absolute atomic E-state index is 12.2. The van der Waals surface area contributed by atoms with Gasteiger partial charge in [-0.25, -0.2) is 8.78 Å². The predicted octanol–water partition coefficient (Wildman–Crippen LogP) is 2.76. The van der Waals surface area contributed by atoms with Crippen LogP contribution in [0.4, 0.5) is 8.78 Å². The highest BCUT2D eigenvalue weighted by molar-refractivity contribution is 6.00. The number of ether oxygens (including phenoxy) is 1. The zero-order chi connectivity index (χ0) is 11.6. The summed E-state index contributed by atoms with van der Waals surface area (Å²) in [6, 6.07) is 2.90. The molecule has 0 aliphatic rings. The minimum absolute atomic E-state index is 0.0586. The van der Waals surface area contributed by atoms with Crippen LogP contribution in [0.1, 0.15) is 21.5 Å². The fraction of sp³-hybridized carbons (Fsp3) is 0.364. The number of Topliss-reactive ketones (excluding diaryl/α,β-unsaturated/α-hetero) is 1. The molecule has 0 atom stereocenters. The first kappa shape index (κ1) is 11.6. The number of hydrogen-bond donors (Lipinski definition) is 0. The van der Waals surface area contributed by atoms with E-state index < -0.39 is 12.2 Å². The third-order valence-corrected chi connectivity index (χ3v) is 2.42. The first-order chi connectivity index (χ1) is 6.99. The van der Waals surface area contributed by atoms with E-state index in [1.54, 1.807) is 13.8 Å². The standard InChI is InChI=1S/C11H12F2O2/c1-6-7(2)9(15-3)5-4-8(6)10(14)11(12)13/h4-5,11H,1-3H3. The third kappa shape index (κ3) is 2.14. The predicted molar refractivity (Wildman–Crippen MR) is 52.8 cm³/mol. The Bertz CT molecular complexity index is 386. The summed E-state index contributed by atoms with van der Waals surface area (Å²) in [6.07, 6.45) is -2.96. The fourth-order valence-electron chi connectivity index (χ4n) is 1.40. The first-order valence-corrected chi connectivity index (χ1v) is 4.45. The van der Waals surface area contributed by atoms with Gasteiger partial charge in [0, 0.05) is 5.56 Å². The molecule has 0 aliphatic heterocycles. The SMILES string of the molecule is COc1ccc(C(=O)C(F)F)c(C)c1C. The molecule has 0 radical (unpaired) electrons. The van der Waals surface area contributed by atoms with Gasteiger partial charge in [-0.1, -0.05) is 0 Å². The fourth-order valence-corrected chi connectivity index (χ4v) is 1.40. The summed E-state index contributed by atoms with van der Waals surface area (Å²) < 4.78 is 29.5. The number of ketones is 1. The highest BCUT2D eigenvalue weighted by Gasteiger charge is 2.21. The van der Waals surface area contributed by atoms with Crippen molar-refractivity contribution in [2.75, 3.05) is 7.11 Å². The van der Waals surface area contributed by atoms with Gasteiger partial charge in [0.2, 0.25) is 5.78 Å². The lowest BCUT2D eigenvalue weighted by molar-refractivity contribution is 0.0678. The minimum atomic E-state index is -2.96. The van der Waals surface area contributed by atoms with E-state index in [0.29, 0.717) is 16.9 Å². The van der Waals surface area contributed by atoms with Crippen LogP contribution in [-0.2, 0) is 0 Å². The summed E-state index contributed by atoms with van der Waals surface area (Å²) in [4.78, 5) is 11.1. The molecular weight excluding hydrogens is 202 g/mol. The van der Waals surface area contributed by atoms with E-state index >= 15 is 0 Å². The zero-order valence-electron chi connectivity index (χ0n) is 8.80. The van der Waals surface area contributed by atoms with Gasteiger partial charge in [-0.15, -0.1) is 0 Å². The van der Waals surface area contributed by atoms with Crippen LogP contribution in [0.3, 0.4) is 0 Å². The van der Waals surface area contributed by atoms with Gasteiger partial charge in [0.15, 0.2) is 0 Å². The molecule has 1 aromatic carbocycles. The maximum atomic E-state index is 12.2. The van der Waals surface area contributed by atoms with E-state index in [0.717, 1.165) is 0 Å². The van der Waals surface area contributed by atoms with Crippen molar-refractivity contribution >= 4 is 5.78 Å². The molecule has 0 fully saturated rings. The van der Waals surface area contributed by atoms with E-state index in [9.17, 15) is 13.6 Å². The lowest BCUT2D eigenvalue weighted by Crippen LogP contribution is -2.12. The van der Waals surface area contributed by atoms with Crippen LogP contribution in [0.2, 0.25) is 0 Å². The average molecular weight is 214 g/mol. The van der Waals surface area contributed by atoms with E-state index in [-0.39, 0.29) is 5.56 Å². The van der Waals surface area contributed by atoms with Crippen molar-refractivity contribution in [2.45, 2.75) is 20.3 Å². The smallest absolute Gasteiger partial charge is 0.300 e. The van der Waals surface area contributed by atoms with Crippen molar-refractivity contribution in [1.82, 2.24) is 0 Å². The van der Waals surface area contributed by atoms with E-state index in [2.05, 4.69) is 0 Å². The lowest BCUT2D eigenvalue weighted by Gasteiger charge is -2.11. The van der Waals surface area contributed by atoms with E-state index in [1.165, 1.54) is 19.2 Å². The van der Waals surface area contributed by atoms with Gasteiger partial charge < -0.3 is 4.74 Å². The highest BCUT2D eigenvalue weighted by Crippen LogP contribution is 2.25. The van der Waals surface area contributed by atoms with Gasteiger partial charge in [-0.05, 0) is 37.1 Å². The normalized spacial score (nSPS) is 10.5. The molecule has 4 heteroatoms. The molecule has 1 rings (SSSR count). The maximum Gasteiger partial charge on any atom is 0.300 e. The quantitative estimate of drug-likeness (QED) is 0.723. The number of halogens is 2. The van der Waals surface area contributed by atoms with Gasteiger partial charge in [0.05, 0.1) is 7.11 Å². The molecule has 0 unspecified atom stereocenters. The summed E-state index contributed by atoms with van der Waals surface area (Å²) in [5.41, 5.74) is 1.31. The van der Waals surface area contributed by atoms with Crippen LogP contribution in [0.25, 0.3) is 0 Å². The van der Waals surface area contributed by atoms with Gasteiger partial charge in [0.1, 0.15) is 5.75 Å². The number of benzene rings is 1. The van der Waals surface area contributed by atoms with Crippen LogP contribution in [0.15, 0.2) is 12.1 Å². The Morgan fingerprint density at radius 1 is 1.27 bits per heavy atom. The molecule has 0 saturated heterocycles. The largest absolute Gasteiger partial charge is 0.496 e. The van der Waals surface area contributed by atoms with Crippen molar-refractivity contribution in [2.24, 2.45) is 0 Å². The molecule has 2 nitrogen and oxygen atoms in total. The molecule has 0 saturated carbocycles. The summed E-state index contributed by atoms with van der Waals surface area (Å²) in [5, 5.41) is 0. The molecule has 0 heterocycles. The number of carbonyl (C=O) groups excluding carboxylic acids is 1. The summed E-state index contributed by atoms with van der Waals surface area (Å²) in [6.45, 7) is 3.36. The topological polar surface area (TPSA) is 26.3 Å². The average Bonchev–Trinajstić information content (AvgIpc) is 2.21. The van der Waals surface area contributed by atoms with Crippen LogP contribution in [0, 0.1) is 13.8 Å². The Morgan fingerprint density at radius 3 is 2.33 bits per heavy atom. The van der Waals surface area contributed by atoms with E-state index in [4.69, 9.17) is 4.74 Å². The molecule has 1 aromatic rings. The second-order valence-corrected chi connectivity index (χ2v) is 3.23. The van der Waals surface area contributed by atoms with Crippen LogP contribution >= 0.6 is 0 Å². The Kier molecular flexibility index (Phi) is 3.39. The molecule has 0 amide bonds. The van der Waals surface area contributed by atoms with Gasteiger partial charge in [-0.3, -0.25) is 4.79 Å². The summed E-state index contributed by atoms with van der Waals surface area (Å²) >= 11 is 0. The molecule has 82 valence electrons.